The zero-order chi connectivity index (χ0) is 14.2. The Morgan fingerprint density at radius 2 is 1.89 bits per heavy atom. The van der Waals surface area contributed by atoms with Crippen molar-refractivity contribution in [3.8, 4) is 16.3 Å². The predicted octanol–water partition coefficient (Wildman–Crippen LogP) is 3.47. The Bertz CT molecular complexity index is 671. The summed E-state index contributed by atoms with van der Waals surface area (Å²) in [7, 11) is 0. The molecular weight excluding hydrogens is 282 g/mol. The number of carboxylic acid groups (broad SMARTS) is 1. The highest BCUT2D eigenvalue weighted by Gasteiger charge is 2.33. The molecule has 1 aromatic carbocycles. The molecule has 2 N–H and O–H groups in total. The minimum atomic E-state index is -1.29. The van der Waals surface area contributed by atoms with Gasteiger partial charge < -0.3 is 10.2 Å². The number of carboxylic acids is 1. The lowest BCUT2D eigenvalue weighted by Gasteiger charge is -2.22. The topological polar surface area (TPSA) is 62.5 Å². The zero-order valence-corrected chi connectivity index (χ0v) is 12.1. The van der Waals surface area contributed by atoms with Crippen LogP contribution in [0.15, 0.2) is 30.3 Å². The molecule has 0 fully saturated rings. The number of aliphatic carboxylic acids is 1. The molecule has 0 saturated carbocycles. The number of benzene rings is 1. The molecule has 0 unspecified atom stereocenters. The predicted molar refractivity (Wildman–Crippen MR) is 77.2 cm³/mol. The van der Waals surface area contributed by atoms with E-state index in [1.807, 2.05) is 30.3 Å². The Morgan fingerprint density at radius 1 is 1.32 bits per heavy atom. The summed E-state index contributed by atoms with van der Waals surface area (Å²) >= 11 is 6.39. The van der Waals surface area contributed by atoms with Gasteiger partial charge in [-0.2, -0.15) is 0 Å². The van der Waals surface area contributed by atoms with E-state index < -0.39 is 11.5 Å². The van der Waals surface area contributed by atoms with Crippen LogP contribution < -0.4 is 0 Å². The number of aromatic nitrogens is 1. The lowest BCUT2D eigenvalue weighted by Crippen LogP contribution is -2.35. The summed E-state index contributed by atoms with van der Waals surface area (Å²) in [6.07, 6.45) is 0. The van der Waals surface area contributed by atoms with Gasteiger partial charge in [0.15, 0.2) is 3.95 Å². The second-order valence-electron chi connectivity index (χ2n) is 4.59. The molecule has 0 aliphatic carbocycles. The van der Waals surface area contributed by atoms with Crippen molar-refractivity contribution in [3.63, 3.8) is 0 Å². The number of rotatable bonds is 3. The van der Waals surface area contributed by atoms with Crippen molar-refractivity contribution in [2.24, 2.45) is 0 Å². The summed E-state index contributed by atoms with van der Waals surface area (Å²) in [5.74, 6) is -1.15. The third kappa shape index (κ3) is 2.29. The Hall–Kier alpha value is -1.66. The summed E-state index contributed by atoms with van der Waals surface area (Å²) in [4.78, 5) is 11.9. The van der Waals surface area contributed by atoms with Gasteiger partial charge in [-0.05, 0) is 31.6 Å². The smallest absolute Gasteiger partial charge is 0.329 e. The third-order valence-electron chi connectivity index (χ3n) is 2.91. The number of nitrogens with zero attached hydrogens (tertiary/aromatic N) is 1. The monoisotopic (exact) mass is 295 g/mol. The van der Waals surface area contributed by atoms with Crippen LogP contribution in [0.25, 0.3) is 10.4 Å². The normalized spacial score (nSPS) is 11.5. The van der Waals surface area contributed by atoms with E-state index >= 15 is 0 Å². The van der Waals surface area contributed by atoms with Gasteiger partial charge in [-0.1, -0.05) is 30.3 Å². The van der Waals surface area contributed by atoms with Gasteiger partial charge in [0.2, 0.25) is 5.88 Å². The van der Waals surface area contributed by atoms with Gasteiger partial charge in [-0.25, -0.2) is 4.79 Å². The van der Waals surface area contributed by atoms with Gasteiger partial charge in [0.25, 0.3) is 0 Å². The molecule has 0 aliphatic heterocycles. The van der Waals surface area contributed by atoms with Crippen molar-refractivity contribution in [1.29, 1.82) is 0 Å². The summed E-state index contributed by atoms with van der Waals surface area (Å²) in [5.41, 5.74) is -0.471. The molecule has 0 amide bonds. The molecular formula is C13H13NO3S2. The molecule has 0 saturated heterocycles. The van der Waals surface area contributed by atoms with E-state index in [-0.39, 0.29) is 5.88 Å². The van der Waals surface area contributed by atoms with Crippen molar-refractivity contribution in [2.75, 3.05) is 0 Å². The zero-order valence-electron chi connectivity index (χ0n) is 10.5. The van der Waals surface area contributed by atoms with E-state index in [0.717, 1.165) is 5.56 Å². The molecule has 0 radical (unpaired) electrons. The molecule has 0 atom stereocenters. The molecule has 19 heavy (non-hydrogen) atoms. The Morgan fingerprint density at radius 3 is 2.42 bits per heavy atom. The third-order valence-corrected chi connectivity index (χ3v) is 4.32. The lowest BCUT2D eigenvalue weighted by atomic mass is 10.1. The second kappa shape index (κ2) is 4.79. The molecule has 0 spiro atoms. The van der Waals surface area contributed by atoms with Crippen LogP contribution >= 0.6 is 23.6 Å². The fraction of sp³-hybridized carbons (Fsp3) is 0.231. The Labute approximate surface area is 119 Å². The van der Waals surface area contributed by atoms with E-state index in [1.54, 1.807) is 0 Å². The molecule has 100 valence electrons. The van der Waals surface area contributed by atoms with Gasteiger partial charge in [0, 0.05) is 0 Å². The minimum Gasteiger partial charge on any atom is -0.493 e. The van der Waals surface area contributed by atoms with Crippen LogP contribution in [-0.2, 0) is 10.3 Å². The average molecular weight is 295 g/mol. The maximum atomic E-state index is 11.3. The van der Waals surface area contributed by atoms with Crippen LogP contribution in [0.1, 0.15) is 13.8 Å². The van der Waals surface area contributed by atoms with E-state index in [0.29, 0.717) is 8.83 Å². The first-order valence-electron chi connectivity index (χ1n) is 5.60. The maximum absolute atomic E-state index is 11.3. The van der Waals surface area contributed by atoms with Crippen LogP contribution in [0.3, 0.4) is 0 Å². The number of thiazole rings is 1. The van der Waals surface area contributed by atoms with Crippen molar-refractivity contribution in [1.82, 2.24) is 4.57 Å². The summed E-state index contributed by atoms with van der Waals surface area (Å²) < 4.78 is 1.61. The molecule has 1 aromatic heterocycles. The van der Waals surface area contributed by atoms with Gasteiger partial charge in [0.1, 0.15) is 5.54 Å². The number of hydrogen-bond donors (Lipinski definition) is 2. The largest absolute Gasteiger partial charge is 0.493 e. The van der Waals surface area contributed by atoms with Gasteiger partial charge in [-0.3, -0.25) is 4.57 Å². The number of carbonyl (C=O) groups is 1. The lowest BCUT2D eigenvalue weighted by molar-refractivity contribution is -0.145. The molecule has 2 rings (SSSR count). The highest BCUT2D eigenvalue weighted by molar-refractivity contribution is 7.73. The molecule has 2 aromatic rings. The van der Waals surface area contributed by atoms with Crippen LogP contribution in [0.5, 0.6) is 5.88 Å². The Balaban J connectivity index is 2.66. The van der Waals surface area contributed by atoms with E-state index in [4.69, 9.17) is 12.2 Å². The average Bonchev–Trinajstić information content (AvgIpc) is 2.66. The fourth-order valence-electron chi connectivity index (χ4n) is 1.73. The van der Waals surface area contributed by atoms with Gasteiger partial charge >= 0.3 is 5.97 Å². The van der Waals surface area contributed by atoms with Crippen LogP contribution in [0.2, 0.25) is 0 Å². The first-order chi connectivity index (χ1) is 8.85. The number of aromatic hydroxyl groups is 1. The van der Waals surface area contributed by atoms with Crippen LogP contribution in [0.4, 0.5) is 0 Å². The maximum Gasteiger partial charge on any atom is 0.329 e. The highest BCUT2D eigenvalue weighted by Crippen LogP contribution is 2.39. The molecule has 1 heterocycles. The standard InChI is InChI=1S/C13H13NO3S2/c1-13(2,11(16)17)14-10(15)9(19-12(14)18)8-6-4-3-5-7-8/h3-7,15H,1-2H3,(H,16,17). The van der Waals surface area contributed by atoms with E-state index in [9.17, 15) is 15.0 Å². The summed E-state index contributed by atoms with van der Waals surface area (Å²) in [6.45, 7) is 3.01. The molecule has 4 nitrogen and oxygen atoms in total. The fourth-order valence-corrected chi connectivity index (χ4v) is 3.31. The van der Waals surface area contributed by atoms with E-state index in [1.165, 1.54) is 29.8 Å². The summed E-state index contributed by atoms with van der Waals surface area (Å²) in [6, 6.07) is 9.27. The van der Waals surface area contributed by atoms with Crippen molar-refractivity contribution in [2.45, 2.75) is 19.4 Å². The van der Waals surface area contributed by atoms with Gasteiger partial charge in [-0.15, -0.1) is 11.3 Å². The van der Waals surface area contributed by atoms with Crippen molar-refractivity contribution >= 4 is 29.5 Å². The van der Waals surface area contributed by atoms with E-state index in [2.05, 4.69) is 0 Å². The quantitative estimate of drug-likeness (QED) is 0.851. The first-order valence-corrected chi connectivity index (χ1v) is 6.82. The van der Waals surface area contributed by atoms with Crippen molar-refractivity contribution < 1.29 is 15.0 Å². The summed E-state index contributed by atoms with van der Waals surface area (Å²) in [5, 5.41) is 19.5. The second-order valence-corrected chi connectivity index (χ2v) is 6.23. The molecule has 0 bridgehead atoms. The number of hydrogen-bond acceptors (Lipinski definition) is 4. The van der Waals surface area contributed by atoms with Gasteiger partial charge in [0.05, 0.1) is 4.88 Å². The Kier molecular flexibility index (Phi) is 3.47. The molecule has 6 heteroatoms. The molecule has 0 aliphatic rings. The van der Waals surface area contributed by atoms with Crippen LogP contribution in [0, 0.1) is 3.95 Å². The SMILES string of the molecule is CC(C)(C(=O)O)n1c(O)c(-c2ccccc2)sc1=S. The minimum absolute atomic E-state index is 0.103. The van der Waals surface area contributed by atoms with Crippen molar-refractivity contribution in [3.05, 3.63) is 34.3 Å². The highest BCUT2D eigenvalue weighted by atomic mass is 32.1. The first kappa shape index (κ1) is 13.8. The van der Waals surface area contributed by atoms with Crippen LogP contribution in [-0.4, -0.2) is 20.7 Å².